The highest BCUT2D eigenvalue weighted by atomic mass is 16.6. The second-order valence-electron chi connectivity index (χ2n) is 5.41. The monoisotopic (exact) mass is 250 g/mol. The smallest absolute Gasteiger partial charge is 0.208 e. The number of Topliss-reactive ketones (excluding diaryl/α,β-unsaturated/α-hetero) is 2. The number of carbonyl (C=O) groups is 2. The molecule has 3 aliphatic carbocycles. The number of allylic oxidation sites excluding steroid dienone is 4. The lowest BCUT2D eigenvalue weighted by molar-refractivity contribution is -0.143. The number of rotatable bonds is 2. The second kappa shape index (κ2) is 3.46. The number of carbonyl (C=O) groups excluding carboxylic acids is 2. The lowest BCUT2D eigenvalue weighted by Crippen LogP contribution is -2.49. The van der Waals surface area contributed by atoms with Gasteiger partial charge in [0.1, 0.15) is 0 Å². The van der Waals surface area contributed by atoms with Crippen molar-refractivity contribution in [3.8, 4) is 0 Å². The standard InChI is InChI=1S/C14H16O4/c1-14-8-5-4-7(6-8)9(14)10(15)11(17-2)12(18-3)13(14)16/h4-5,7-9H,6H2,1-3H3/t7-,8+,9?,14?/m1/s1/i2+1,3+1. The summed E-state index contributed by atoms with van der Waals surface area (Å²) in [6.45, 7) is 1.89. The van der Waals surface area contributed by atoms with Crippen molar-refractivity contribution in [2.24, 2.45) is 23.2 Å². The van der Waals surface area contributed by atoms with Gasteiger partial charge in [-0.05, 0) is 18.3 Å². The summed E-state index contributed by atoms with van der Waals surface area (Å²) in [7, 11) is 2.82. The van der Waals surface area contributed by atoms with Crippen molar-refractivity contribution in [2.75, 3.05) is 14.2 Å². The fourth-order valence-electron chi connectivity index (χ4n) is 3.85. The molecule has 0 aromatic carbocycles. The van der Waals surface area contributed by atoms with Crippen molar-refractivity contribution in [1.29, 1.82) is 0 Å². The minimum atomic E-state index is -0.649. The van der Waals surface area contributed by atoms with Crippen LogP contribution in [0.1, 0.15) is 13.3 Å². The second-order valence-corrected chi connectivity index (χ2v) is 5.41. The fourth-order valence-corrected chi connectivity index (χ4v) is 3.85. The van der Waals surface area contributed by atoms with Crippen LogP contribution in [0.4, 0.5) is 0 Å². The average Bonchev–Trinajstić information content (AvgIpc) is 2.93. The van der Waals surface area contributed by atoms with Crippen LogP contribution >= 0.6 is 0 Å². The fraction of sp³-hybridized carbons (Fsp3) is 0.571. The highest BCUT2D eigenvalue weighted by Crippen LogP contribution is 2.60. The zero-order valence-electron chi connectivity index (χ0n) is 10.7. The van der Waals surface area contributed by atoms with E-state index in [0.717, 1.165) is 6.42 Å². The highest BCUT2D eigenvalue weighted by Gasteiger charge is 2.64. The Morgan fingerprint density at radius 3 is 2.44 bits per heavy atom. The number of hydrogen-bond acceptors (Lipinski definition) is 4. The van der Waals surface area contributed by atoms with Crippen LogP contribution in [0.3, 0.4) is 0 Å². The van der Waals surface area contributed by atoms with Crippen LogP contribution in [-0.2, 0) is 19.1 Å². The van der Waals surface area contributed by atoms with E-state index in [1.807, 2.05) is 6.92 Å². The first-order valence-electron chi connectivity index (χ1n) is 6.15. The van der Waals surface area contributed by atoms with E-state index in [4.69, 9.17) is 9.47 Å². The molecule has 0 radical (unpaired) electrons. The Morgan fingerprint density at radius 2 is 1.83 bits per heavy atom. The van der Waals surface area contributed by atoms with Gasteiger partial charge in [-0.15, -0.1) is 0 Å². The largest absolute Gasteiger partial charge is 0.490 e. The zero-order chi connectivity index (χ0) is 13.1. The Labute approximate surface area is 106 Å². The molecule has 4 nitrogen and oxygen atoms in total. The van der Waals surface area contributed by atoms with Crippen molar-refractivity contribution < 1.29 is 19.1 Å². The first-order valence-corrected chi connectivity index (χ1v) is 6.15. The summed E-state index contributed by atoms with van der Waals surface area (Å²) in [5.41, 5.74) is -0.649. The minimum absolute atomic E-state index is 0.0854. The van der Waals surface area contributed by atoms with Gasteiger partial charge in [-0.3, -0.25) is 9.59 Å². The molecule has 0 saturated heterocycles. The molecule has 0 aromatic rings. The molecule has 18 heavy (non-hydrogen) atoms. The molecular weight excluding hydrogens is 234 g/mol. The first-order chi connectivity index (χ1) is 8.55. The normalized spacial score (nSPS) is 41.4. The number of hydrogen-bond donors (Lipinski definition) is 0. The Hall–Kier alpha value is -1.58. The molecule has 3 aliphatic rings. The lowest BCUT2D eigenvalue weighted by Gasteiger charge is -2.40. The third-order valence-electron chi connectivity index (χ3n) is 4.78. The highest BCUT2D eigenvalue weighted by molar-refractivity contribution is 6.14. The molecule has 0 aliphatic heterocycles. The van der Waals surface area contributed by atoms with Crippen molar-refractivity contribution in [3.63, 3.8) is 0 Å². The van der Waals surface area contributed by atoms with Crippen LogP contribution in [0.2, 0.25) is 0 Å². The SMILES string of the molecule is CC12C(=O)C(O[13CH3])=C(O[13CH3])C(=O)C1[C@@H]1C=C[C@H]2C1. The van der Waals surface area contributed by atoms with Gasteiger partial charge in [0.15, 0.2) is 0 Å². The van der Waals surface area contributed by atoms with Crippen molar-refractivity contribution in [1.82, 2.24) is 0 Å². The topological polar surface area (TPSA) is 52.6 Å². The number of fused-ring (bicyclic) bond motifs is 5. The maximum absolute atomic E-state index is 12.6. The molecule has 96 valence electrons. The van der Waals surface area contributed by atoms with Crippen LogP contribution in [0.15, 0.2) is 23.7 Å². The lowest BCUT2D eigenvalue weighted by atomic mass is 9.62. The van der Waals surface area contributed by atoms with E-state index in [9.17, 15) is 9.59 Å². The summed E-state index contributed by atoms with van der Waals surface area (Å²) >= 11 is 0. The van der Waals surface area contributed by atoms with Gasteiger partial charge in [-0.2, -0.15) is 0 Å². The van der Waals surface area contributed by atoms with Crippen LogP contribution in [0.25, 0.3) is 0 Å². The van der Waals surface area contributed by atoms with E-state index in [1.54, 1.807) is 0 Å². The van der Waals surface area contributed by atoms with Crippen LogP contribution < -0.4 is 0 Å². The molecule has 2 bridgehead atoms. The maximum atomic E-state index is 12.6. The van der Waals surface area contributed by atoms with E-state index in [2.05, 4.69) is 12.2 Å². The molecule has 3 rings (SSSR count). The number of ether oxygens (including phenoxy) is 2. The van der Waals surface area contributed by atoms with Crippen molar-refractivity contribution in [2.45, 2.75) is 13.3 Å². The van der Waals surface area contributed by atoms with Crippen molar-refractivity contribution >= 4 is 11.6 Å². The average molecular weight is 250 g/mol. The van der Waals surface area contributed by atoms with E-state index in [1.165, 1.54) is 14.2 Å². The van der Waals surface area contributed by atoms with Gasteiger partial charge in [-0.25, -0.2) is 0 Å². The Balaban J connectivity index is 2.18. The van der Waals surface area contributed by atoms with E-state index < -0.39 is 5.41 Å². The van der Waals surface area contributed by atoms with Crippen LogP contribution in [-0.4, -0.2) is 25.8 Å². The van der Waals surface area contributed by atoms with Gasteiger partial charge < -0.3 is 9.47 Å². The predicted octanol–water partition coefficient (Wildman–Crippen LogP) is 1.47. The Bertz CT molecular complexity index is 502. The molecule has 0 amide bonds. The maximum Gasteiger partial charge on any atom is 0.208 e. The molecule has 4 atom stereocenters. The minimum Gasteiger partial charge on any atom is -0.490 e. The third-order valence-corrected chi connectivity index (χ3v) is 4.78. The summed E-state index contributed by atoms with van der Waals surface area (Å²) in [4.78, 5) is 25.1. The van der Waals surface area contributed by atoms with Gasteiger partial charge in [-0.1, -0.05) is 19.1 Å². The van der Waals surface area contributed by atoms with Gasteiger partial charge in [0, 0.05) is 5.92 Å². The van der Waals surface area contributed by atoms with Crippen LogP contribution in [0.5, 0.6) is 0 Å². The van der Waals surface area contributed by atoms with Gasteiger partial charge in [0.2, 0.25) is 23.1 Å². The van der Waals surface area contributed by atoms with Gasteiger partial charge in [0.25, 0.3) is 0 Å². The summed E-state index contributed by atoms with van der Waals surface area (Å²) in [5, 5.41) is 0. The molecule has 1 fully saturated rings. The quantitative estimate of drug-likeness (QED) is 0.550. The molecular formula is C14H16O4. The predicted molar refractivity (Wildman–Crippen MR) is 63.4 cm³/mol. The zero-order valence-corrected chi connectivity index (χ0v) is 10.7. The Kier molecular flexibility index (Phi) is 2.22. The molecule has 4 heteroatoms. The first kappa shape index (κ1) is 11.5. The number of methoxy groups -OCH3 is 2. The summed E-state index contributed by atoms with van der Waals surface area (Å²) < 4.78 is 10.2. The molecule has 0 aromatic heterocycles. The van der Waals surface area contributed by atoms with Gasteiger partial charge in [0.05, 0.1) is 19.6 Å². The van der Waals surface area contributed by atoms with E-state index in [0.29, 0.717) is 0 Å². The summed E-state index contributed by atoms with van der Waals surface area (Å²) in [6, 6.07) is 0. The van der Waals surface area contributed by atoms with Crippen molar-refractivity contribution in [3.05, 3.63) is 23.7 Å². The molecule has 0 spiro atoms. The molecule has 0 heterocycles. The third kappa shape index (κ3) is 1.06. The van der Waals surface area contributed by atoms with E-state index in [-0.39, 0.29) is 40.8 Å². The van der Waals surface area contributed by atoms with E-state index >= 15 is 0 Å². The Morgan fingerprint density at radius 1 is 1.17 bits per heavy atom. The van der Waals surface area contributed by atoms with Crippen LogP contribution in [0, 0.1) is 23.2 Å². The number of ketones is 2. The molecule has 2 unspecified atom stereocenters. The summed E-state index contributed by atoms with van der Waals surface area (Å²) in [6.07, 6.45) is 5.01. The molecule has 1 saturated carbocycles. The molecule has 0 N–H and O–H groups in total. The summed E-state index contributed by atoms with van der Waals surface area (Å²) in [5.74, 6) is 0.0195. The van der Waals surface area contributed by atoms with Gasteiger partial charge >= 0.3 is 0 Å².